The zero-order chi connectivity index (χ0) is 47.3. The summed E-state index contributed by atoms with van der Waals surface area (Å²) in [5.41, 5.74) is 0. The quantitative estimate of drug-likeness (QED) is 0.0102. The molecule has 1 fully saturated rings. The van der Waals surface area contributed by atoms with Crippen molar-refractivity contribution in [1.29, 1.82) is 0 Å². The number of hydrogen-bond donors (Lipinski definition) is 7. The Hall–Kier alpha value is -3.01. The van der Waals surface area contributed by atoms with Gasteiger partial charge in [0, 0.05) is 12.8 Å². The van der Waals surface area contributed by atoms with Crippen molar-refractivity contribution in [3.63, 3.8) is 0 Å². The van der Waals surface area contributed by atoms with Crippen molar-refractivity contribution < 1.29 is 68.2 Å². The minimum atomic E-state index is -5.16. The number of carbonyl (C=O) groups excluding carboxylic acids is 2. The van der Waals surface area contributed by atoms with Gasteiger partial charge < -0.3 is 45.0 Å². The Kier molecular flexibility index (Phi) is 35.2. The van der Waals surface area contributed by atoms with Crippen LogP contribution < -0.4 is 0 Å². The van der Waals surface area contributed by atoms with Gasteiger partial charge in [-0.25, -0.2) is 4.57 Å². The lowest BCUT2D eigenvalue weighted by Crippen LogP contribution is -2.64. The molecule has 0 amide bonds. The first-order valence-corrected chi connectivity index (χ1v) is 25.0. The molecule has 0 radical (unpaired) electrons. The Morgan fingerprint density at radius 2 is 1.11 bits per heavy atom. The molecule has 0 saturated heterocycles. The molecule has 14 nitrogen and oxygen atoms in total. The molecule has 7 N–H and O–H groups in total. The van der Waals surface area contributed by atoms with Gasteiger partial charge in [0.1, 0.15) is 43.2 Å². The average Bonchev–Trinajstić information content (AvgIpc) is 3.27. The van der Waals surface area contributed by atoms with Crippen LogP contribution in [0, 0.1) is 0 Å². The lowest BCUT2D eigenvalue weighted by Gasteiger charge is -2.41. The maximum Gasteiger partial charge on any atom is 0.472 e. The lowest BCUT2D eigenvalue weighted by molar-refractivity contribution is -0.220. The molecule has 0 aliphatic heterocycles. The highest BCUT2D eigenvalue weighted by atomic mass is 31.2. The van der Waals surface area contributed by atoms with E-state index in [-0.39, 0.29) is 12.8 Å². The maximum absolute atomic E-state index is 12.8. The molecule has 1 rings (SSSR count). The first-order chi connectivity index (χ1) is 30.8. The Morgan fingerprint density at radius 3 is 1.75 bits per heavy atom. The van der Waals surface area contributed by atoms with E-state index >= 15 is 0 Å². The Bertz CT molecular complexity index is 1460. The van der Waals surface area contributed by atoms with Gasteiger partial charge >= 0.3 is 19.8 Å². The van der Waals surface area contributed by atoms with E-state index in [1.165, 1.54) is 38.5 Å². The van der Waals surface area contributed by atoms with Crippen molar-refractivity contribution in [3.05, 3.63) is 85.1 Å². The van der Waals surface area contributed by atoms with E-state index in [1.807, 2.05) is 48.6 Å². The summed E-state index contributed by atoms with van der Waals surface area (Å²) in [6.07, 6.45) is 32.4. The highest BCUT2D eigenvalue weighted by Gasteiger charge is 2.51. The Balaban J connectivity index is 2.55. The van der Waals surface area contributed by atoms with E-state index in [2.05, 4.69) is 38.2 Å². The molecule has 0 aromatic carbocycles. The van der Waals surface area contributed by atoms with Crippen LogP contribution in [-0.4, -0.2) is 110 Å². The van der Waals surface area contributed by atoms with E-state index in [9.17, 15) is 49.7 Å². The summed E-state index contributed by atoms with van der Waals surface area (Å²) in [4.78, 5) is 35.7. The second-order valence-electron chi connectivity index (χ2n) is 16.1. The van der Waals surface area contributed by atoms with E-state index in [0.717, 1.165) is 51.4 Å². The molecule has 64 heavy (non-hydrogen) atoms. The summed E-state index contributed by atoms with van der Waals surface area (Å²) < 4.78 is 33.4. The fraction of sp³-hybridized carbons (Fsp3) is 0.673. The third-order valence-electron chi connectivity index (χ3n) is 10.3. The Morgan fingerprint density at radius 1 is 0.578 bits per heavy atom. The number of phosphoric acid groups is 1. The minimum absolute atomic E-state index is 0.0566. The van der Waals surface area contributed by atoms with E-state index < -0.39 is 81.8 Å². The highest BCUT2D eigenvalue weighted by molar-refractivity contribution is 7.47. The molecule has 1 aliphatic carbocycles. The largest absolute Gasteiger partial charge is 0.472 e. The number of esters is 2. The third kappa shape index (κ3) is 30.2. The van der Waals surface area contributed by atoms with Gasteiger partial charge in [-0.2, -0.15) is 0 Å². The SMILES string of the molecule is CC/C=C\C/C=C\CC(O)/C=C/C=C\C/C=C\C/C=C\CCC(=O)O[C@H](COC(=O)CCCCCCCCC/C=C\CCCCCC)COP(=O)(O)OC1[C@H](O)[C@H](O)C(O)[C@H](O)[C@H]1O. The predicted octanol–water partition coefficient (Wildman–Crippen LogP) is 8.25. The van der Waals surface area contributed by atoms with Crippen molar-refractivity contribution in [1.82, 2.24) is 0 Å². The molecule has 4 unspecified atom stereocenters. The number of allylic oxidation sites excluding steroid dienone is 12. The van der Waals surface area contributed by atoms with Gasteiger partial charge in [0.2, 0.25) is 0 Å². The van der Waals surface area contributed by atoms with Crippen molar-refractivity contribution in [2.24, 2.45) is 0 Å². The number of ether oxygens (including phenoxy) is 2. The van der Waals surface area contributed by atoms with Crippen molar-refractivity contribution >= 4 is 19.8 Å². The monoisotopic (exact) mass is 925 g/mol. The fourth-order valence-corrected chi connectivity index (χ4v) is 7.48. The normalized spacial score (nSPS) is 22.8. The number of phosphoric ester groups is 1. The van der Waals surface area contributed by atoms with Crippen LogP contribution in [0.3, 0.4) is 0 Å². The van der Waals surface area contributed by atoms with Crippen molar-refractivity contribution in [2.45, 2.75) is 198 Å². The van der Waals surface area contributed by atoms with Crippen LogP contribution in [-0.2, 0) is 32.7 Å². The van der Waals surface area contributed by atoms with Gasteiger partial charge in [0.25, 0.3) is 0 Å². The summed E-state index contributed by atoms with van der Waals surface area (Å²) in [5.74, 6) is -1.24. The van der Waals surface area contributed by atoms with Gasteiger partial charge in [0.05, 0.1) is 12.7 Å². The van der Waals surface area contributed by atoms with Gasteiger partial charge in [-0.1, -0.05) is 150 Å². The Labute approximate surface area is 382 Å². The first kappa shape index (κ1) is 59.0. The average molecular weight is 925 g/mol. The van der Waals surface area contributed by atoms with Crippen LogP contribution in [0.5, 0.6) is 0 Å². The smallest absolute Gasteiger partial charge is 0.462 e. The molecule has 15 heteroatoms. The zero-order valence-corrected chi connectivity index (χ0v) is 39.3. The van der Waals surface area contributed by atoms with Crippen molar-refractivity contribution in [3.8, 4) is 0 Å². The molecular weight excluding hydrogens is 843 g/mol. The second-order valence-corrected chi connectivity index (χ2v) is 17.5. The maximum atomic E-state index is 12.8. The molecule has 0 aromatic heterocycles. The fourth-order valence-electron chi connectivity index (χ4n) is 6.51. The molecule has 1 saturated carbocycles. The van der Waals surface area contributed by atoms with E-state index in [1.54, 1.807) is 12.2 Å². The van der Waals surface area contributed by atoms with Crippen LogP contribution >= 0.6 is 7.82 Å². The van der Waals surface area contributed by atoms with Crippen LogP contribution in [0.15, 0.2) is 85.1 Å². The van der Waals surface area contributed by atoms with Gasteiger partial charge in [-0.05, 0) is 70.6 Å². The van der Waals surface area contributed by atoms with Gasteiger partial charge in [-0.3, -0.25) is 18.6 Å². The van der Waals surface area contributed by atoms with Gasteiger partial charge in [-0.15, -0.1) is 0 Å². The van der Waals surface area contributed by atoms with E-state index in [4.69, 9.17) is 18.5 Å². The summed E-state index contributed by atoms with van der Waals surface area (Å²) in [6, 6.07) is 0. The number of hydrogen-bond acceptors (Lipinski definition) is 13. The minimum Gasteiger partial charge on any atom is -0.462 e. The summed E-state index contributed by atoms with van der Waals surface area (Å²) >= 11 is 0. The van der Waals surface area contributed by atoms with Gasteiger partial charge in [0.15, 0.2) is 6.10 Å². The molecule has 0 spiro atoms. The van der Waals surface area contributed by atoms with Crippen LogP contribution in [0.4, 0.5) is 0 Å². The molecule has 0 heterocycles. The number of carbonyl (C=O) groups is 2. The summed E-state index contributed by atoms with van der Waals surface area (Å²) in [6.45, 7) is 3.03. The van der Waals surface area contributed by atoms with E-state index in [0.29, 0.717) is 32.1 Å². The van der Waals surface area contributed by atoms with Crippen LogP contribution in [0.2, 0.25) is 0 Å². The summed E-state index contributed by atoms with van der Waals surface area (Å²) in [5, 5.41) is 60.2. The molecular formula is C49H81O14P. The summed E-state index contributed by atoms with van der Waals surface area (Å²) in [7, 11) is -5.16. The topological polar surface area (TPSA) is 230 Å². The molecule has 9 atom stereocenters. The van der Waals surface area contributed by atoms with Crippen molar-refractivity contribution in [2.75, 3.05) is 13.2 Å². The number of unbranched alkanes of at least 4 members (excludes halogenated alkanes) is 11. The zero-order valence-electron chi connectivity index (χ0n) is 38.4. The highest BCUT2D eigenvalue weighted by Crippen LogP contribution is 2.47. The number of aliphatic hydroxyl groups is 6. The van der Waals surface area contributed by atoms with Crippen LogP contribution in [0.25, 0.3) is 0 Å². The predicted molar refractivity (Wildman–Crippen MR) is 250 cm³/mol. The molecule has 1 aliphatic rings. The number of rotatable bonds is 37. The lowest BCUT2D eigenvalue weighted by atomic mass is 9.85. The third-order valence-corrected chi connectivity index (χ3v) is 11.3. The molecule has 0 bridgehead atoms. The molecule has 366 valence electrons. The first-order valence-electron chi connectivity index (χ1n) is 23.5. The second kappa shape index (κ2) is 38.1. The number of aliphatic hydroxyl groups excluding tert-OH is 6. The standard InChI is InChI=1S/C49H81O14P/c1-3-5-7-9-11-12-13-14-15-16-17-21-24-28-32-36-42(51)60-38-41(39-61-64(58,59)63-49-47(56)45(54)44(53)46(55)48(49)57)62-43(52)37-33-29-25-22-19-18-20-23-27-31-35-40(50)34-30-26-10-8-6-4-2/h6,8,12-13,18-19,23,25-27,29-31,35,40-41,44-50,53-57H,3-5,7,9-11,14-17,20-22,24,28,32-34,36-39H2,1-2H3,(H,58,59)/b8-6-,13-12-,19-18-,27-23-,29-25-,30-26-,35-31+/t40?,41-,44?,45-,46+,47-,48-,49?/m1/s1. The van der Waals surface area contributed by atoms with Crippen LogP contribution in [0.1, 0.15) is 149 Å². The molecule has 0 aromatic rings.